The zero-order valence-corrected chi connectivity index (χ0v) is 18.2. The van der Waals surface area contributed by atoms with E-state index in [1.807, 2.05) is 6.92 Å². The smallest absolute Gasteiger partial charge is 0.363 e. The topological polar surface area (TPSA) is 59.0 Å². The van der Waals surface area contributed by atoms with Crippen molar-refractivity contribution in [3.63, 3.8) is 0 Å². The van der Waals surface area contributed by atoms with Gasteiger partial charge in [-0.2, -0.15) is 31.4 Å². The Morgan fingerprint density at radius 3 is 2.41 bits per heavy atom. The van der Waals surface area contributed by atoms with E-state index < -0.39 is 41.6 Å². The number of carbonyl (C=O) groups excluding carboxylic acids is 1. The SMILES string of the molecule is Cc1ccc([C@@H]2C[C@H](C(F)(F)F)n3ncc(C(=O)Nc4ccc(Cl)cc4C(F)(F)F)c3N2)cc1. The number of rotatable bonds is 3. The minimum absolute atomic E-state index is 0.191. The molecule has 5 nitrogen and oxygen atoms in total. The molecule has 0 saturated carbocycles. The third kappa shape index (κ3) is 4.70. The first-order valence-electron chi connectivity index (χ1n) is 10.00. The maximum atomic E-state index is 13.8. The molecule has 1 aromatic heterocycles. The summed E-state index contributed by atoms with van der Waals surface area (Å²) >= 11 is 5.65. The van der Waals surface area contributed by atoms with E-state index in [0.717, 1.165) is 23.9 Å². The van der Waals surface area contributed by atoms with Crippen molar-refractivity contribution in [1.29, 1.82) is 0 Å². The van der Waals surface area contributed by atoms with Crippen LogP contribution in [0.15, 0.2) is 48.7 Å². The summed E-state index contributed by atoms with van der Waals surface area (Å²) in [6.07, 6.45) is -8.96. The number of fused-ring (bicyclic) bond motifs is 1. The van der Waals surface area contributed by atoms with Gasteiger partial charge in [-0.25, -0.2) is 4.68 Å². The first-order valence-corrected chi connectivity index (χ1v) is 10.4. The summed E-state index contributed by atoms with van der Waals surface area (Å²) in [5.41, 5.74) is -0.613. The Hall–Kier alpha value is -3.21. The predicted octanol–water partition coefficient (Wildman–Crippen LogP) is 6.78. The molecule has 34 heavy (non-hydrogen) atoms. The van der Waals surface area contributed by atoms with Crippen LogP contribution in [-0.4, -0.2) is 21.9 Å². The van der Waals surface area contributed by atoms with Crippen molar-refractivity contribution in [1.82, 2.24) is 9.78 Å². The number of amides is 1. The Labute approximate surface area is 194 Å². The second-order valence-corrected chi connectivity index (χ2v) is 8.33. The Morgan fingerprint density at radius 2 is 1.79 bits per heavy atom. The maximum absolute atomic E-state index is 13.8. The molecule has 4 rings (SSSR count). The quantitative estimate of drug-likeness (QED) is 0.388. The normalized spacial score (nSPS) is 18.2. The molecule has 0 aliphatic carbocycles. The fraction of sp³-hybridized carbons (Fsp3) is 0.273. The number of aryl methyl sites for hydroxylation is 1. The van der Waals surface area contributed by atoms with Crippen LogP contribution >= 0.6 is 11.6 Å². The Bertz CT molecular complexity index is 1220. The molecule has 0 saturated heterocycles. The summed E-state index contributed by atoms with van der Waals surface area (Å²) in [7, 11) is 0. The highest BCUT2D eigenvalue weighted by atomic mass is 35.5. The Kier molecular flexibility index (Phi) is 6.01. The minimum Gasteiger partial charge on any atom is -0.363 e. The van der Waals surface area contributed by atoms with Gasteiger partial charge in [0, 0.05) is 11.4 Å². The van der Waals surface area contributed by atoms with Crippen LogP contribution in [0.4, 0.5) is 37.8 Å². The maximum Gasteiger partial charge on any atom is 0.418 e. The zero-order chi connectivity index (χ0) is 24.8. The van der Waals surface area contributed by atoms with E-state index in [-0.39, 0.29) is 22.8 Å². The van der Waals surface area contributed by atoms with Crippen molar-refractivity contribution in [2.24, 2.45) is 0 Å². The third-order valence-corrected chi connectivity index (χ3v) is 5.73. The summed E-state index contributed by atoms with van der Waals surface area (Å²) in [6, 6.07) is 6.80. The van der Waals surface area contributed by atoms with Crippen LogP contribution < -0.4 is 10.6 Å². The monoisotopic (exact) mass is 502 g/mol. The van der Waals surface area contributed by atoms with E-state index in [0.29, 0.717) is 16.3 Å². The van der Waals surface area contributed by atoms with Gasteiger partial charge in [-0.05, 0) is 30.7 Å². The lowest BCUT2D eigenvalue weighted by Gasteiger charge is -2.34. The second kappa shape index (κ2) is 8.53. The summed E-state index contributed by atoms with van der Waals surface area (Å²) < 4.78 is 82.3. The number of hydrogen-bond acceptors (Lipinski definition) is 3. The van der Waals surface area contributed by atoms with E-state index in [2.05, 4.69) is 15.7 Å². The Morgan fingerprint density at radius 1 is 1.12 bits per heavy atom. The number of nitrogens with one attached hydrogen (secondary N) is 2. The van der Waals surface area contributed by atoms with Gasteiger partial charge in [0.2, 0.25) is 0 Å². The molecule has 2 aromatic carbocycles. The van der Waals surface area contributed by atoms with Gasteiger partial charge in [-0.1, -0.05) is 41.4 Å². The molecule has 2 N–H and O–H groups in total. The lowest BCUT2D eigenvalue weighted by atomic mass is 9.96. The van der Waals surface area contributed by atoms with Gasteiger partial charge >= 0.3 is 12.4 Å². The van der Waals surface area contributed by atoms with Gasteiger partial charge < -0.3 is 10.6 Å². The molecule has 1 amide bonds. The van der Waals surface area contributed by atoms with Gasteiger partial charge in [0.1, 0.15) is 11.4 Å². The molecular formula is C22H17ClF6N4O. The van der Waals surface area contributed by atoms with E-state index in [1.165, 1.54) is 0 Å². The fourth-order valence-electron chi connectivity index (χ4n) is 3.80. The van der Waals surface area contributed by atoms with Crippen LogP contribution in [0.5, 0.6) is 0 Å². The van der Waals surface area contributed by atoms with Crippen LogP contribution in [0.3, 0.4) is 0 Å². The van der Waals surface area contributed by atoms with Gasteiger partial charge in [0.25, 0.3) is 5.91 Å². The van der Waals surface area contributed by atoms with Crippen LogP contribution in [-0.2, 0) is 6.18 Å². The standard InChI is InChI=1S/C22H17ClF6N4O/c1-11-2-4-12(5-3-11)17-9-18(22(27,28)29)33-19(31-17)14(10-30-33)20(34)32-16-7-6-13(23)8-15(16)21(24,25)26/h2-8,10,17-18,31H,9H2,1H3,(H,32,34)/t17-,18+/m0/s1. The average molecular weight is 503 g/mol. The minimum atomic E-state index is -4.82. The number of alkyl halides is 6. The molecule has 0 fully saturated rings. The van der Waals surface area contributed by atoms with E-state index in [9.17, 15) is 31.1 Å². The molecule has 1 aliphatic rings. The molecule has 2 heterocycles. The molecule has 1 aliphatic heterocycles. The summed E-state index contributed by atoms with van der Waals surface area (Å²) in [5.74, 6) is -1.29. The molecular weight excluding hydrogens is 486 g/mol. The van der Waals surface area contributed by atoms with Crippen LogP contribution in [0.2, 0.25) is 5.02 Å². The molecule has 0 radical (unpaired) electrons. The van der Waals surface area contributed by atoms with Crippen LogP contribution in [0, 0.1) is 6.92 Å². The van der Waals surface area contributed by atoms with Crippen LogP contribution in [0.1, 0.15) is 45.6 Å². The molecule has 2 atom stereocenters. The molecule has 3 aromatic rings. The van der Waals surface area contributed by atoms with Crippen molar-refractivity contribution >= 4 is 29.0 Å². The molecule has 12 heteroatoms. The highest BCUT2D eigenvalue weighted by Crippen LogP contribution is 2.44. The highest BCUT2D eigenvalue weighted by Gasteiger charge is 2.47. The average Bonchev–Trinajstić information content (AvgIpc) is 3.17. The third-order valence-electron chi connectivity index (χ3n) is 5.50. The lowest BCUT2D eigenvalue weighted by Crippen LogP contribution is -2.36. The predicted molar refractivity (Wildman–Crippen MR) is 114 cm³/mol. The fourth-order valence-corrected chi connectivity index (χ4v) is 3.97. The van der Waals surface area contributed by atoms with Gasteiger partial charge in [-0.3, -0.25) is 4.79 Å². The van der Waals surface area contributed by atoms with Crippen molar-refractivity contribution < 1.29 is 31.1 Å². The molecule has 0 spiro atoms. The summed E-state index contributed by atoms with van der Waals surface area (Å²) in [5, 5.41) is 8.55. The number of carbonyl (C=O) groups is 1. The van der Waals surface area contributed by atoms with Crippen LogP contribution in [0.25, 0.3) is 0 Å². The van der Waals surface area contributed by atoms with Crippen molar-refractivity contribution in [2.45, 2.75) is 37.8 Å². The van der Waals surface area contributed by atoms with Crippen molar-refractivity contribution in [2.75, 3.05) is 10.6 Å². The highest BCUT2D eigenvalue weighted by molar-refractivity contribution is 6.30. The number of anilines is 2. The lowest BCUT2D eigenvalue weighted by molar-refractivity contribution is -0.173. The summed E-state index contributed by atoms with van der Waals surface area (Å²) in [4.78, 5) is 12.9. The largest absolute Gasteiger partial charge is 0.418 e. The summed E-state index contributed by atoms with van der Waals surface area (Å²) in [6.45, 7) is 1.83. The Balaban J connectivity index is 1.71. The van der Waals surface area contributed by atoms with E-state index in [4.69, 9.17) is 11.6 Å². The van der Waals surface area contributed by atoms with Crippen molar-refractivity contribution in [3.8, 4) is 0 Å². The number of nitrogens with zero attached hydrogens (tertiary/aromatic N) is 2. The number of aromatic nitrogens is 2. The van der Waals surface area contributed by atoms with E-state index >= 15 is 0 Å². The number of hydrogen-bond donors (Lipinski definition) is 2. The zero-order valence-electron chi connectivity index (χ0n) is 17.4. The van der Waals surface area contributed by atoms with Gasteiger partial charge in [-0.15, -0.1) is 0 Å². The first kappa shape index (κ1) is 23.9. The molecule has 180 valence electrons. The van der Waals surface area contributed by atoms with Gasteiger partial charge in [0.05, 0.1) is 23.5 Å². The van der Waals surface area contributed by atoms with E-state index in [1.54, 1.807) is 24.3 Å². The second-order valence-electron chi connectivity index (χ2n) is 7.89. The number of benzene rings is 2. The number of halogens is 7. The molecule has 0 bridgehead atoms. The molecule has 0 unspecified atom stereocenters. The van der Waals surface area contributed by atoms with Crippen molar-refractivity contribution in [3.05, 3.63) is 75.9 Å². The van der Waals surface area contributed by atoms with Gasteiger partial charge in [0.15, 0.2) is 6.04 Å². The first-order chi connectivity index (χ1) is 15.8.